The SMILES string of the molecule is C/C=C/COc1cc(C)c(OCCCOc2ccc(/C=N/OC)cc2C(F)(F)F)c(C)c1. The standard InChI is InChI=1S/C24H28F3NO4/c1-5-6-10-30-20-13-17(2)23(18(3)14-20)32-12-7-11-31-22-9-8-19(16-28-29-4)15-21(22)24(25,26)27/h5-6,8-9,13-16H,7,10-12H2,1-4H3/b6-5+,28-16+. The molecular weight excluding hydrogens is 423 g/mol. The second-order valence-electron chi connectivity index (χ2n) is 6.99. The number of benzene rings is 2. The number of ether oxygens (including phenoxy) is 3. The third kappa shape index (κ3) is 7.51. The minimum absolute atomic E-state index is 0.0806. The summed E-state index contributed by atoms with van der Waals surface area (Å²) in [5.41, 5.74) is 1.25. The predicted molar refractivity (Wildman–Crippen MR) is 118 cm³/mol. The van der Waals surface area contributed by atoms with Gasteiger partial charge in [-0.15, -0.1) is 0 Å². The molecule has 2 aromatic carbocycles. The smallest absolute Gasteiger partial charge is 0.419 e. The van der Waals surface area contributed by atoms with E-state index in [0.717, 1.165) is 28.7 Å². The summed E-state index contributed by atoms with van der Waals surface area (Å²) in [5, 5.41) is 3.49. The zero-order valence-electron chi connectivity index (χ0n) is 18.7. The number of nitrogens with zero attached hydrogens (tertiary/aromatic N) is 1. The van der Waals surface area contributed by atoms with Gasteiger partial charge >= 0.3 is 6.18 Å². The summed E-state index contributed by atoms with van der Waals surface area (Å²) in [6, 6.07) is 7.53. The highest BCUT2D eigenvalue weighted by molar-refractivity contribution is 5.80. The van der Waals surface area contributed by atoms with E-state index in [0.29, 0.717) is 19.6 Å². The highest BCUT2D eigenvalue weighted by Gasteiger charge is 2.34. The second kappa shape index (κ2) is 12.0. The zero-order chi connectivity index (χ0) is 23.6. The van der Waals surface area contributed by atoms with Gasteiger partial charge in [-0.1, -0.05) is 17.3 Å². The fourth-order valence-electron chi connectivity index (χ4n) is 2.97. The van der Waals surface area contributed by atoms with Crippen molar-refractivity contribution in [3.8, 4) is 17.2 Å². The molecule has 0 aliphatic rings. The summed E-state index contributed by atoms with van der Waals surface area (Å²) in [4.78, 5) is 4.51. The maximum atomic E-state index is 13.4. The van der Waals surface area contributed by atoms with Crippen LogP contribution in [0.5, 0.6) is 17.2 Å². The van der Waals surface area contributed by atoms with Crippen LogP contribution in [0, 0.1) is 13.8 Å². The van der Waals surface area contributed by atoms with E-state index >= 15 is 0 Å². The van der Waals surface area contributed by atoms with Crippen LogP contribution in [0.2, 0.25) is 0 Å². The summed E-state index contributed by atoms with van der Waals surface area (Å²) in [6.45, 7) is 6.65. The van der Waals surface area contributed by atoms with Crippen molar-refractivity contribution in [2.24, 2.45) is 5.16 Å². The average molecular weight is 451 g/mol. The lowest BCUT2D eigenvalue weighted by Gasteiger charge is -2.16. The van der Waals surface area contributed by atoms with Crippen LogP contribution in [0.15, 0.2) is 47.6 Å². The Bertz CT molecular complexity index is 916. The van der Waals surface area contributed by atoms with Crippen molar-refractivity contribution >= 4 is 6.21 Å². The van der Waals surface area contributed by atoms with Crippen molar-refractivity contribution in [3.63, 3.8) is 0 Å². The summed E-state index contributed by atoms with van der Waals surface area (Å²) < 4.78 is 57.0. The molecule has 174 valence electrons. The molecule has 0 aliphatic carbocycles. The first-order chi connectivity index (χ1) is 15.3. The van der Waals surface area contributed by atoms with Gasteiger partial charge in [-0.25, -0.2) is 0 Å². The average Bonchev–Trinajstić information content (AvgIpc) is 2.73. The molecule has 2 rings (SSSR count). The molecule has 0 saturated heterocycles. The van der Waals surface area contributed by atoms with Crippen LogP contribution in [-0.4, -0.2) is 33.1 Å². The topological polar surface area (TPSA) is 49.3 Å². The Morgan fingerprint density at radius 2 is 1.66 bits per heavy atom. The Labute approximate surface area is 186 Å². The van der Waals surface area contributed by atoms with Crippen LogP contribution in [0.4, 0.5) is 13.2 Å². The first kappa shape index (κ1) is 25.1. The second-order valence-corrected chi connectivity index (χ2v) is 6.99. The third-order valence-corrected chi connectivity index (χ3v) is 4.42. The fraction of sp³-hybridized carbons (Fsp3) is 0.375. The summed E-state index contributed by atoms with van der Waals surface area (Å²) in [7, 11) is 1.32. The Hall–Kier alpha value is -3.16. The van der Waals surface area contributed by atoms with Gasteiger partial charge in [-0.2, -0.15) is 13.2 Å². The van der Waals surface area contributed by atoms with Crippen LogP contribution in [0.1, 0.15) is 35.6 Å². The molecule has 0 fully saturated rings. The molecule has 0 saturated carbocycles. The van der Waals surface area contributed by atoms with E-state index in [1.54, 1.807) is 0 Å². The van der Waals surface area contributed by atoms with Crippen molar-refractivity contribution < 1.29 is 32.2 Å². The zero-order valence-corrected chi connectivity index (χ0v) is 18.7. The van der Waals surface area contributed by atoms with E-state index in [-0.39, 0.29) is 17.9 Å². The molecule has 0 amide bonds. The van der Waals surface area contributed by atoms with E-state index in [9.17, 15) is 13.2 Å². The van der Waals surface area contributed by atoms with Gasteiger partial charge in [0.1, 0.15) is 31.0 Å². The van der Waals surface area contributed by atoms with Gasteiger partial charge in [0.2, 0.25) is 0 Å². The molecule has 8 heteroatoms. The van der Waals surface area contributed by atoms with Gasteiger partial charge in [-0.3, -0.25) is 0 Å². The maximum Gasteiger partial charge on any atom is 0.419 e. The molecule has 0 unspecified atom stereocenters. The summed E-state index contributed by atoms with van der Waals surface area (Å²) >= 11 is 0. The van der Waals surface area contributed by atoms with E-state index in [4.69, 9.17) is 14.2 Å². The largest absolute Gasteiger partial charge is 0.493 e. The molecule has 2 aromatic rings. The lowest BCUT2D eigenvalue weighted by molar-refractivity contribution is -0.139. The number of oxime groups is 1. The first-order valence-corrected chi connectivity index (χ1v) is 10.1. The molecule has 0 heterocycles. The van der Waals surface area contributed by atoms with Crippen molar-refractivity contribution in [2.45, 2.75) is 33.4 Å². The van der Waals surface area contributed by atoms with Gasteiger partial charge in [-0.05, 0) is 67.8 Å². The van der Waals surface area contributed by atoms with Crippen LogP contribution < -0.4 is 14.2 Å². The molecule has 32 heavy (non-hydrogen) atoms. The number of hydrogen-bond donors (Lipinski definition) is 0. The molecular formula is C24H28F3NO4. The van der Waals surface area contributed by atoms with E-state index in [1.807, 2.05) is 45.1 Å². The monoisotopic (exact) mass is 451 g/mol. The summed E-state index contributed by atoms with van der Waals surface area (Å²) in [6.07, 6.45) is 0.908. The van der Waals surface area contributed by atoms with Crippen molar-refractivity contribution in [3.05, 3.63) is 64.7 Å². The highest BCUT2D eigenvalue weighted by Crippen LogP contribution is 2.36. The molecule has 0 spiro atoms. The van der Waals surface area contributed by atoms with E-state index in [1.165, 1.54) is 25.5 Å². The normalized spacial score (nSPS) is 11.8. The lowest BCUT2D eigenvalue weighted by Crippen LogP contribution is -2.12. The van der Waals surface area contributed by atoms with Gasteiger partial charge in [0.25, 0.3) is 0 Å². The van der Waals surface area contributed by atoms with Crippen molar-refractivity contribution in [1.82, 2.24) is 0 Å². The molecule has 0 bridgehead atoms. The third-order valence-electron chi connectivity index (χ3n) is 4.42. The number of aryl methyl sites for hydroxylation is 2. The Morgan fingerprint density at radius 1 is 0.969 bits per heavy atom. The number of allylic oxidation sites excluding steroid dienone is 1. The van der Waals surface area contributed by atoms with Gasteiger partial charge < -0.3 is 19.0 Å². The minimum atomic E-state index is -4.55. The van der Waals surface area contributed by atoms with Crippen LogP contribution in [0.3, 0.4) is 0 Å². The maximum absolute atomic E-state index is 13.4. The fourth-order valence-corrected chi connectivity index (χ4v) is 2.97. The molecule has 5 nitrogen and oxygen atoms in total. The van der Waals surface area contributed by atoms with Gasteiger partial charge in [0.05, 0.1) is 25.0 Å². The number of rotatable bonds is 11. The molecule has 0 aromatic heterocycles. The highest BCUT2D eigenvalue weighted by atomic mass is 19.4. The quantitative estimate of drug-likeness (QED) is 0.179. The van der Waals surface area contributed by atoms with Gasteiger partial charge in [0, 0.05) is 6.42 Å². The molecule has 0 atom stereocenters. The van der Waals surface area contributed by atoms with E-state index < -0.39 is 11.7 Å². The predicted octanol–water partition coefficient (Wildman–Crippen LogP) is 6.11. The van der Waals surface area contributed by atoms with Crippen LogP contribution in [0.25, 0.3) is 0 Å². The van der Waals surface area contributed by atoms with Crippen molar-refractivity contribution in [2.75, 3.05) is 26.9 Å². The van der Waals surface area contributed by atoms with E-state index in [2.05, 4.69) is 9.99 Å². The number of hydrogen-bond acceptors (Lipinski definition) is 5. The van der Waals surface area contributed by atoms with Gasteiger partial charge in [0.15, 0.2) is 0 Å². The first-order valence-electron chi connectivity index (χ1n) is 10.1. The van der Waals surface area contributed by atoms with Crippen LogP contribution in [-0.2, 0) is 11.0 Å². The van der Waals surface area contributed by atoms with Crippen molar-refractivity contribution in [1.29, 1.82) is 0 Å². The number of halogens is 3. The minimum Gasteiger partial charge on any atom is -0.493 e. The Morgan fingerprint density at radius 3 is 2.28 bits per heavy atom. The molecule has 0 aliphatic heterocycles. The molecule has 0 N–H and O–H groups in total. The Kier molecular flexibility index (Phi) is 9.43. The lowest BCUT2D eigenvalue weighted by atomic mass is 10.1. The Balaban J connectivity index is 1.93. The summed E-state index contributed by atoms with van der Waals surface area (Å²) in [5.74, 6) is 1.26. The van der Waals surface area contributed by atoms with Crippen LogP contribution >= 0.6 is 0 Å². The molecule has 0 radical (unpaired) electrons. The number of alkyl halides is 3.